The smallest absolute Gasteiger partial charge is 0.147 e. The van der Waals surface area contributed by atoms with Crippen LogP contribution in [0.25, 0.3) is 0 Å². The Bertz CT molecular complexity index is 340. The lowest BCUT2D eigenvalue weighted by atomic mass is 10.1. The van der Waals surface area contributed by atoms with Crippen molar-refractivity contribution in [2.24, 2.45) is 0 Å². The lowest BCUT2D eigenvalue weighted by molar-refractivity contribution is -0.116. The molecule has 1 aromatic rings. The molecule has 1 aromatic carbocycles. The molecule has 2 N–H and O–H groups in total. The number of rotatable bonds is 2. The highest BCUT2D eigenvalue weighted by Gasteiger charge is 2.15. The van der Waals surface area contributed by atoms with Gasteiger partial charge in [0.1, 0.15) is 11.6 Å². The van der Waals surface area contributed by atoms with E-state index in [4.69, 9.17) is 5.73 Å². The predicted octanol–water partition coefficient (Wildman–Crippen LogP) is 2.43. The number of Topliss-reactive ketones (excluding diaryl/α,β-unsaturated/α-hetero) is 1. The number of halogens is 2. The quantitative estimate of drug-likeness (QED) is 0.643. The summed E-state index contributed by atoms with van der Waals surface area (Å²) in [5.41, 5.74) is 6.47. The second-order valence-corrected chi connectivity index (χ2v) is 3.66. The van der Waals surface area contributed by atoms with Gasteiger partial charge in [0, 0.05) is 5.69 Å². The van der Waals surface area contributed by atoms with Gasteiger partial charge in [-0.25, -0.2) is 4.39 Å². The first-order valence-electron chi connectivity index (χ1n) is 3.72. The summed E-state index contributed by atoms with van der Waals surface area (Å²) >= 11 is 3.14. The van der Waals surface area contributed by atoms with E-state index in [0.717, 1.165) is 0 Å². The first-order valence-corrected chi connectivity index (χ1v) is 4.63. The third kappa shape index (κ3) is 2.28. The van der Waals surface area contributed by atoms with Crippen LogP contribution in [-0.4, -0.2) is 5.78 Å². The molecule has 0 bridgehead atoms. The van der Waals surface area contributed by atoms with Crippen LogP contribution in [0, 0.1) is 5.82 Å². The van der Waals surface area contributed by atoms with E-state index in [9.17, 15) is 9.18 Å². The molecule has 1 unspecified atom stereocenters. The highest BCUT2D eigenvalue weighted by atomic mass is 79.9. The molecule has 0 fully saturated rings. The van der Waals surface area contributed by atoms with Crippen LogP contribution < -0.4 is 5.73 Å². The topological polar surface area (TPSA) is 43.1 Å². The molecule has 13 heavy (non-hydrogen) atoms. The first-order chi connectivity index (χ1) is 6.02. The summed E-state index contributed by atoms with van der Waals surface area (Å²) in [6.07, 6.45) is 0. The number of nitrogen functional groups attached to an aromatic ring is 1. The van der Waals surface area contributed by atoms with Gasteiger partial charge in [-0.1, -0.05) is 15.9 Å². The van der Waals surface area contributed by atoms with Crippen molar-refractivity contribution < 1.29 is 9.18 Å². The Balaban J connectivity index is 3.12. The van der Waals surface area contributed by atoms with Gasteiger partial charge in [0.15, 0.2) is 0 Å². The molecule has 0 amide bonds. The molecule has 0 aliphatic carbocycles. The zero-order valence-corrected chi connectivity index (χ0v) is 8.64. The average Bonchev–Trinajstić information content (AvgIpc) is 2.08. The summed E-state index contributed by atoms with van der Waals surface area (Å²) in [6.45, 7) is 1.42. The monoisotopic (exact) mass is 245 g/mol. The molecule has 1 atom stereocenters. The van der Waals surface area contributed by atoms with Gasteiger partial charge < -0.3 is 5.73 Å². The van der Waals surface area contributed by atoms with Crippen molar-refractivity contribution in [3.8, 4) is 0 Å². The minimum atomic E-state index is -0.525. The fourth-order valence-electron chi connectivity index (χ4n) is 0.984. The van der Waals surface area contributed by atoms with E-state index >= 15 is 0 Å². The number of carbonyl (C=O) groups is 1. The Hall–Kier alpha value is -0.900. The van der Waals surface area contributed by atoms with E-state index in [-0.39, 0.29) is 5.78 Å². The van der Waals surface area contributed by atoms with Crippen molar-refractivity contribution in [3.63, 3.8) is 0 Å². The van der Waals surface area contributed by atoms with E-state index in [2.05, 4.69) is 15.9 Å². The van der Waals surface area contributed by atoms with Crippen LogP contribution in [0.1, 0.15) is 17.3 Å². The molecule has 0 aromatic heterocycles. The van der Waals surface area contributed by atoms with Gasteiger partial charge in [-0.05, 0) is 30.7 Å². The highest BCUT2D eigenvalue weighted by molar-refractivity contribution is 9.09. The number of anilines is 1. The Labute approximate surface area is 84.1 Å². The van der Waals surface area contributed by atoms with Crippen molar-refractivity contribution >= 4 is 27.4 Å². The molecule has 0 spiro atoms. The molecule has 0 saturated carbocycles. The summed E-state index contributed by atoms with van der Waals surface area (Å²) in [6, 6.07) is 3.97. The molecule has 1 rings (SSSR count). The lowest BCUT2D eigenvalue weighted by Crippen LogP contribution is -2.05. The molecule has 0 saturated heterocycles. The summed E-state index contributed by atoms with van der Waals surface area (Å²) in [5.74, 6) is -0.493. The maximum Gasteiger partial charge on any atom is 0.147 e. The van der Waals surface area contributed by atoms with E-state index in [0.29, 0.717) is 11.3 Å². The third-order valence-corrected chi connectivity index (χ3v) is 2.82. The van der Waals surface area contributed by atoms with E-state index in [1.807, 2.05) is 0 Å². The number of nitrogens with two attached hydrogens (primary N) is 1. The van der Waals surface area contributed by atoms with Crippen LogP contribution in [-0.2, 0) is 4.79 Å². The zero-order chi connectivity index (χ0) is 10.0. The number of benzene rings is 1. The normalized spacial score (nSPS) is 12.5. The maximum atomic E-state index is 12.8. The highest BCUT2D eigenvalue weighted by Crippen LogP contribution is 2.28. The van der Waals surface area contributed by atoms with Gasteiger partial charge in [-0.2, -0.15) is 0 Å². The van der Waals surface area contributed by atoms with Gasteiger partial charge in [0.05, 0.1) is 4.83 Å². The Morgan fingerprint density at radius 3 is 2.77 bits per heavy atom. The fraction of sp³-hybridized carbons (Fsp3) is 0.222. The minimum absolute atomic E-state index is 0.0997. The molecule has 2 nitrogen and oxygen atoms in total. The Kier molecular flexibility index (Phi) is 3.03. The molecule has 0 radical (unpaired) electrons. The van der Waals surface area contributed by atoms with Crippen molar-refractivity contribution in [1.82, 2.24) is 0 Å². The molecule has 4 heteroatoms. The van der Waals surface area contributed by atoms with Gasteiger partial charge >= 0.3 is 0 Å². The van der Waals surface area contributed by atoms with Crippen LogP contribution in [0.5, 0.6) is 0 Å². The molecular weight excluding hydrogens is 237 g/mol. The zero-order valence-electron chi connectivity index (χ0n) is 7.05. The number of hydrogen-bond donors (Lipinski definition) is 1. The van der Waals surface area contributed by atoms with Crippen LogP contribution in [0.4, 0.5) is 10.1 Å². The number of ketones is 1. The molecule has 70 valence electrons. The lowest BCUT2D eigenvalue weighted by Gasteiger charge is -2.09. The summed E-state index contributed by atoms with van der Waals surface area (Å²) in [7, 11) is 0. The largest absolute Gasteiger partial charge is 0.398 e. The van der Waals surface area contributed by atoms with Crippen molar-refractivity contribution in [3.05, 3.63) is 29.6 Å². The SMILES string of the molecule is CC(=O)C(Br)c1cc(F)ccc1N. The van der Waals surface area contributed by atoms with Crippen LogP contribution in [0.15, 0.2) is 18.2 Å². The van der Waals surface area contributed by atoms with Gasteiger partial charge in [0.2, 0.25) is 0 Å². The Morgan fingerprint density at radius 1 is 1.62 bits per heavy atom. The van der Waals surface area contributed by atoms with Gasteiger partial charge in [-0.15, -0.1) is 0 Å². The molecular formula is C9H9BrFNO. The standard InChI is InChI=1S/C9H9BrFNO/c1-5(13)9(10)7-4-6(11)2-3-8(7)12/h2-4,9H,12H2,1H3. The summed E-state index contributed by atoms with van der Waals surface area (Å²) < 4.78 is 12.8. The average molecular weight is 246 g/mol. The third-order valence-electron chi connectivity index (χ3n) is 1.68. The first kappa shape index (κ1) is 10.2. The van der Waals surface area contributed by atoms with Gasteiger partial charge in [0.25, 0.3) is 0 Å². The Morgan fingerprint density at radius 2 is 2.23 bits per heavy atom. The predicted molar refractivity (Wildman–Crippen MR) is 53.2 cm³/mol. The van der Waals surface area contributed by atoms with Crippen molar-refractivity contribution in [1.29, 1.82) is 0 Å². The van der Waals surface area contributed by atoms with Crippen molar-refractivity contribution in [2.45, 2.75) is 11.8 Å². The second kappa shape index (κ2) is 3.87. The molecule has 0 heterocycles. The van der Waals surface area contributed by atoms with Gasteiger partial charge in [-0.3, -0.25) is 4.79 Å². The summed E-state index contributed by atoms with van der Waals surface area (Å²) in [4.78, 5) is 10.5. The summed E-state index contributed by atoms with van der Waals surface area (Å²) in [5, 5.41) is 0. The van der Waals surface area contributed by atoms with E-state index in [1.165, 1.54) is 25.1 Å². The van der Waals surface area contributed by atoms with E-state index in [1.54, 1.807) is 0 Å². The van der Waals surface area contributed by atoms with Crippen LogP contribution in [0.3, 0.4) is 0 Å². The number of hydrogen-bond acceptors (Lipinski definition) is 2. The van der Waals surface area contributed by atoms with Crippen LogP contribution >= 0.6 is 15.9 Å². The number of carbonyl (C=O) groups excluding carboxylic acids is 1. The number of alkyl halides is 1. The minimum Gasteiger partial charge on any atom is -0.398 e. The molecule has 0 aliphatic rings. The van der Waals surface area contributed by atoms with E-state index < -0.39 is 10.6 Å². The van der Waals surface area contributed by atoms with Crippen LogP contribution in [0.2, 0.25) is 0 Å². The second-order valence-electron chi connectivity index (χ2n) is 2.75. The maximum absolute atomic E-state index is 12.8. The molecule has 0 aliphatic heterocycles. The van der Waals surface area contributed by atoms with Crippen molar-refractivity contribution in [2.75, 3.05) is 5.73 Å². The fourth-order valence-corrected chi connectivity index (χ4v) is 1.38.